The van der Waals surface area contributed by atoms with Crippen molar-refractivity contribution in [2.24, 2.45) is 0 Å². The van der Waals surface area contributed by atoms with E-state index in [2.05, 4.69) is 48.6 Å². The Labute approximate surface area is 126 Å². The van der Waals surface area contributed by atoms with E-state index in [1.807, 2.05) is 6.07 Å². The minimum atomic E-state index is -0.865. The summed E-state index contributed by atoms with van der Waals surface area (Å²) < 4.78 is 5.72. The molecule has 0 fully saturated rings. The van der Waals surface area contributed by atoms with E-state index in [4.69, 9.17) is 12.6 Å². The van der Waals surface area contributed by atoms with Gasteiger partial charge in [-0.05, 0) is 0 Å². The van der Waals surface area contributed by atoms with Crippen LogP contribution in [0.5, 0.6) is 5.75 Å². The zero-order valence-electron chi connectivity index (χ0n) is 10.4. The molecule has 0 atom stereocenters. The van der Waals surface area contributed by atoms with Crippen LogP contribution < -0.4 is 3.32 Å². The molecule has 0 spiro atoms. The number of allylic oxidation sites excluding steroid dienone is 8. The van der Waals surface area contributed by atoms with Crippen LogP contribution in [0.1, 0.15) is 24.0 Å². The van der Waals surface area contributed by atoms with Crippen LogP contribution in [-0.2, 0) is 18.5 Å². The number of hydrogen-bond acceptors (Lipinski definition) is 1. The van der Waals surface area contributed by atoms with Gasteiger partial charge >= 0.3 is 127 Å². The van der Waals surface area contributed by atoms with Crippen LogP contribution >= 0.6 is 9.30 Å². The van der Waals surface area contributed by atoms with Crippen LogP contribution in [0.2, 0.25) is 0 Å². The Bertz CT molecular complexity index is 611. The topological polar surface area (TPSA) is 9.23 Å². The van der Waals surface area contributed by atoms with Crippen molar-refractivity contribution < 1.29 is 21.8 Å². The minimum absolute atomic E-state index is 0.865. The molecule has 0 unspecified atom stereocenters. The van der Waals surface area contributed by atoms with E-state index in [1.165, 1.54) is 22.3 Å². The van der Waals surface area contributed by atoms with Gasteiger partial charge in [0.25, 0.3) is 0 Å². The molecule has 0 aliphatic heterocycles. The van der Waals surface area contributed by atoms with Gasteiger partial charge in [0.2, 0.25) is 0 Å². The predicted molar refractivity (Wildman–Crippen MR) is 76.4 cm³/mol. The fourth-order valence-electron chi connectivity index (χ4n) is 2.54. The molecule has 19 heavy (non-hydrogen) atoms. The van der Waals surface area contributed by atoms with Crippen molar-refractivity contribution in [2.75, 3.05) is 0 Å². The average Bonchev–Trinajstić information content (AvgIpc) is 3.12. The molecule has 3 rings (SSSR count). The molecule has 0 saturated carbocycles. The Morgan fingerprint density at radius 3 is 2.37 bits per heavy atom. The third kappa shape index (κ3) is 2.64. The van der Waals surface area contributed by atoms with E-state index in [-0.39, 0.29) is 0 Å². The fourth-order valence-corrected chi connectivity index (χ4v) is 3.27. The molecule has 3 heteroatoms. The van der Waals surface area contributed by atoms with Gasteiger partial charge in [-0.25, -0.2) is 0 Å². The zero-order chi connectivity index (χ0) is 13.1. The second-order valence-electron chi connectivity index (χ2n) is 4.51. The Morgan fingerprint density at radius 2 is 1.74 bits per heavy atom. The van der Waals surface area contributed by atoms with Gasteiger partial charge in [0, 0.05) is 0 Å². The molecule has 94 valence electrons. The zero-order valence-corrected chi connectivity index (χ0v) is 12.7. The fraction of sp³-hybridized carbons (Fsp3) is 0.125. The van der Waals surface area contributed by atoms with Crippen molar-refractivity contribution in [1.82, 2.24) is 0 Å². The van der Waals surface area contributed by atoms with Crippen LogP contribution in [-0.4, -0.2) is 0 Å². The summed E-state index contributed by atoms with van der Waals surface area (Å²) in [6.45, 7) is 0. The van der Waals surface area contributed by atoms with Crippen LogP contribution in [0.15, 0.2) is 54.7 Å². The summed E-state index contributed by atoms with van der Waals surface area (Å²) in [5, 5.41) is 0. The molecule has 0 bridgehead atoms. The van der Waals surface area contributed by atoms with Gasteiger partial charge in [-0.15, -0.1) is 0 Å². The molecule has 2 aliphatic carbocycles. The monoisotopic (exact) mass is 304 g/mol. The molecule has 0 radical (unpaired) electrons. The van der Waals surface area contributed by atoms with Crippen molar-refractivity contribution in [2.45, 2.75) is 12.8 Å². The SMILES string of the molecule is [Cl][Ti][O]c1cccc(C2=CC=CC2)c1C1=CC=CC1. The van der Waals surface area contributed by atoms with Gasteiger partial charge in [-0.3, -0.25) is 0 Å². The number of hydrogen-bond donors (Lipinski definition) is 0. The molecule has 1 aromatic carbocycles. The Morgan fingerprint density at radius 1 is 1.00 bits per heavy atom. The standard InChI is InChI=1S/C16H14O.ClH.Ti/c17-15-11-5-10-14(12-6-1-2-7-12)16(15)13-8-3-4-9-13;;/h1-6,8,10-11,17H,7,9H2;1H;/q;;+2/p-2. The molecule has 0 saturated heterocycles. The van der Waals surface area contributed by atoms with E-state index in [0.29, 0.717) is 0 Å². The average molecular weight is 305 g/mol. The normalized spacial score (nSPS) is 16.5. The quantitative estimate of drug-likeness (QED) is 0.719. The summed E-state index contributed by atoms with van der Waals surface area (Å²) in [7, 11) is 5.87. The third-order valence-electron chi connectivity index (χ3n) is 3.38. The van der Waals surface area contributed by atoms with Crippen LogP contribution in [0, 0.1) is 0 Å². The predicted octanol–water partition coefficient (Wildman–Crippen LogP) is 4.90. The van der Waals surface area contributed by atoms with Gasteiger partial charge in [0.05, 0.1) is 0 Å². The first-order valence-electron chi connectivity index (χ1n) is 6.28. The van der Waals surface area contributed by atoms with Crippen LogP contribution in [0.3, 0.4) is 0 Å². The molecular formula is C16H13ClOTi. The summed E-state index contributed by atoms with van der Waals surface area (Å²) in [5.41, 5.74) is 5.15. The maximum absolute atomic E-state index is 5.87. The molecule has 2 aliphatic rings. The second-order valence-corrected chi connectivity index (χ2v) is 5.70. The Kier molecular flexibility index (Phi) is 4.07. The molecular weight excluding hydrogens is 291 g/mol. The molecule has 0 N–H and O–H groups in total. The Hall–Kier alpha value is -1.02. The molecule has 0 aromatic heterocycles. The number of halogens is 1. The van der Waals surface area contributed by atoms with Crippen molar-refractivity contribution in [3.8, 4) is 5.75 Å². The first-order chi connectivity index (χ1) is 9.40. The van der Waals surface area contributed by atoms with Crippen molar-refractivity contribution >= 4 is 20.5 Å². The van der Waals surface area contributed by atoms with Gasteiger partial charge in [-0.1, -0.05) is 0 Å². The van der Waals surface area contributed by atoms with Gasteiger partial charge in [-0.2, -0.15) is 0 Å². The van der Waals surface area contributed by atoms with Gasteiger partial charge < -0.3 is 0 Å². The first kappa shape index (κ1) is 13.0. The van der Waals surface area contributed by atoms with E-state index < -0.39 is 18.5 Å². The molecule has 0 heterocycles. The van der Waals surface area contributed by atoms with Crippen molar-refractivity contribution in [1.29, 1.82) is 0 Å². The summed E-state index contributed by atoms with van der Waals surface area (Å²) >= 11 is -0.865. The number of benzene rings is 1. The Balaban J connectivity index is 2.10. The van der Waals surface area contributed by atoms with E-state index >= 15 is 0 Å². The first-order valence-corrected chi connectivity index (χ1v) is 9.06. The van der Waals surface area contributed by atoms with E-state index in [1.54, 1.807) is 0 Å². The van der Waals surface area contributed by atoms with Crippen molar-refractivity contribution in [3.63, 3.8) is 0 Å². The maximum atomic E-state index is 5.87. The summed E-state index contributed by atoms with van der Waals surface area (Å²) in [5.74, 6) is 0.926. The second kappa shape index (κ2) is 5.96. The molecule has 0 amide bonds. The summed E-state index contributed by atoms with van der Waals surface area (Å²) in [6.07, 6.45) is 14.9. The molecule has 1 nitrogen and oxygen atoms in total. The van der Waals surface area contributed by atoms with Crippen LogP contribution in [0.4, 0.5) is 0 Å². The van der Waals surface area contributed by atoms with Gasteiger partial charge in [0.1, 0.15) is 0 Å². The summed E-state index contributed by atoms with van der Waals surface area (Å²) in [4.78, 5) is 0. The van der Waals surface area contributed by atoms with Crippen molar-refractivity contribution in [3.05, 3.63) is 65.8 Å². The molecule has 1 aromatic rings. The van der Waals surface area contributed by atoms with Crippen LogP contribution in [0.25, 0.3) is 11.1 Å². The van der Waals surface area contributed by atoms with Gasteiger partial charge in [0.15, 0.2) is 0 Å². The third-order valence-corrected chi connectivity index (χ3v) is 4.17. The summed E-state index contributed by atoms with van der Waals surface area (Å²) in [6, 6.07) is 6.25. The number of rotatable bonds is 4. The van der Waals surface area contributed by atoms with E-state index in [0.717, 1.165) is 18.6 Å². The van der Waals surface area contributed by atoms with E-state index in [9.17, 15) is 0 Å².